The van der Waals surface area contributed by atoms with Crippen molar-refractivity contribution >= 4 is 17.3 Å². The second-order valence-corrected chi connectivity index (χ2v) is 4.83. The molecule has 0 saturated carbocycles. The minimum atomic E-state index is -0.429. The molecule has 0 radical (unpaired) electrons. The van der Waals surface area contributed by atoms with E-state index in [0.29, 0.717) is 12.0 Å². The minimum Gasteiger partial charge on any atom is -0.258 e. The van der Waals surface area contributed by atoms with E-state index in [0.717, 1.165) is 11.3 Å². The number of aromatic nitrogens is 1. The molecule has 2 aromatic rings. The molecule has 1 heterocycles. The number of pyridine rings is 1. The maximum absolute atomic E-state index is 10.7. The maximum atomic E-state index is 10.7. The van der Waals surface area contributed by atoms with Gasteiger partial charge in [0, 0.05) is 17.7 Å². The predicted octanol–water partition coefficient (Wildman–Crippen LogP) is 3.82. The highest BCUT2D eigenvalue weighted by Crippen LogP contribution is 2.25. The van der Waals surface area contributed by atoms with Crippen molar-refractivity contribution in [3.63, 3.8) is 0 Å². The van der Waals surface area contributed by atoms with E-state index >= 15 is 0 Å². The molecule has 98 valence electrons. The van der Waals surface area contributed by atoms with Crippen molar-refractivity contribution in [1.82, 2.24) is 4.98 Å². The Labute approximate surface area is 116 Å². The molecule has 0 amide bonds. The van der Waals surface area contributed by atoms with E-state index in [2.05, 4.69) is 4.98 Å². The molecule has 1 unspecified atom stereocenters. The van der Waals surface area contributed by atoms with E-state index in [1.165, 1.54) is 6.20 Å². The van der Waals surface area contributed by atoms with Crippen molar-refractivity contribution in [1.29, 1.82) is 0 Å². The van der Waals surface area contributed by atoms with Gasteiger partial charge in [-0.25, -0.2) is 0 Å². The number of nitro groups is 1. The summed E-state index contributed by atoms with van der Waals surface area (Å²) in [5.74, 6) is 0. The summed E-state index contributed by atoms with van der Waals surface area (Å²) >= 11 is 6.32. The van der Waals surface area contributed by atoms with Gasteiger partial charge in [0.1, 0.15) is 6.20 Å². The first-order valence-corrected chi connectivity index (χ1v) is 6.30. The Hall–Kier alpha value is -1.94. The molecule has 1 aromatic carbocycles. The van der Waals surface area contributed by atoms with Crippen LogP contribution in [0.3, 0.4) is 0 Å². The Balaban J connectivity index is 2.16. The van der Waals surface area contributed by atoms with E-state index < -0.39 is 4.92 Å². The molecule has 0 aliphatic heterocycles. The standard InChI is InChI=1S/C14H13ClN2O2/c1-10-7-12(16-9-14(10)17(18)19)8-13(15)11-5-3-2-4-6-11/h2-7,9,13H,8H2,1H3. The van der Waals surface area contributed by atoms with E-state index in [1.54, 1.807) is 13.0 Å². The van der Waals surface area contributed by atoms with Crippen molar-refractivity contribution in [3.05, 3.63) is 69.5 Å². The second kappa shape index (κ2) is 5.80. The lowest BCUT2D eigenvalue weighted by atomic mass is 10.1. The van der Waals surface area contributed by atoms with Gasteiger partial charge in [-0.05, 0) is 18.6 Å². The molecular weight excluding hydrogens is 264 g/mol. The third kappa shape index (κ3) is 3.29. The van der Waals surface area contributed by atoms with Crippen molar-refractivity contribution in [2.24, 2.45) is 0 Å². The molecule has 0 aliphatic carbocycles. The molecule has 19 heavy (non-hydrogen) atoms. The summed E-state index contributed by atoms with van der Waals surface area (Å²) in [7, 11) is 0. The summed E-state index contributed by atoms with van der Waals surface area (Å²) in [5, 5.41) is 10.5. The van der Waals surface area contributed by atoms with Gasteiger partial charge in [-0.3, -0.25) is 15.1 Å². The van der Waals surface area contributed by atoms with Crippen LogP contribution in [-0.4, -0.2) is 9.91 Å². The first-order valence-electron chi connectivity index (χ1n) is 5.87. The van der Waals surface area contributed by atoms with Crippen LogP contribution in [0.4, 0.5) is 5.69 Å². The van der Waals surface area contributed by atoms with Crippen LogP contribution in [0.25, 0.3) is 0 Å². The van der Waals surface area contributed by atoms with Gasteiger partial charge in [0.05, 0.1) is 10.3 Å². The molecule has 5 heteroatoms. The van der Waals surface area contributed by atoms with Crippen LogP contribution in [0.2, 0.25) is 0 Å². The highest BCUT2D eigenvalue weighted by molar-refractivity contribution is 6.20. The number of aryl methyl sites for hydroxylation is 1. The Morgan fingerprint density at radius 3 is 2.63 bits per heavy atom. The molecule has 1 aromatic heterocycles. The van der Waals surface area contributed by atoms with Crippen LogP contribution >= 0.6 is 11.6 Å². The van der Waals surface area contributed by atoms with E-state index in [-0.39, 0.29) is 11.1 Å². The molecule has 4 nitrogen and oxygen atoms in total. The fraction of sp³-hybridized carbons (Fsp3) is 0.214. The Morgan fingerprint density at radius 2 is 2.05 bits per heavy atom. The Bertz CT molecular complexity index is 587. The second-order valence-electron chi connectivity index (χ2n) is 4.30. The zero-order valence-corrected chi connectivity index (χ0v) is 11.2. The molecule has 0 N–H and O–H groups in total. The summed E-state index contributed by atoms with van der Waals surface area (Å²) in [5.41, 5.74) is 2.41. The number of hydrogen-bond acceptors (Lipinski definition) is 3. The van der Waals surface area contributed by atoms with Crippen LogP contribution in [0, 0.1) is 17.0 Å². The average molecular weight is 277 g/mol. The third-order valence-corrected chi connectivity index (χ3v) is 3.29. The van der Waals surface area contributed by atoms with Gasteiger partial charge >= 0.3 is 0 Å². The fourth-order valence-electron chi connectivity index (χ4n) is 1.87. The van der Waals surface area contributed by atoms with Crippen LogP contribution < -0.4 is 0 Å². The zero-order valence-electron chi connectivity index (χ0n) is 10.4. The van der Waals surface area contributed by atoms with Gasteiger partial charge in [0.2, 0.25) is 0 Å². The lowest BCUT2D eigenvalue weighted by Crippen LogP contribution is -2.00. The molecule has 0 saturated heterocycles. The van der Waals surface area contributed by atoms with Crippen molar-refractivity contribution in [2.75, 3.05) is 0 Å². The number of hydrogen-bond donors (Lipinski definition) is 0. The number of halogens is 1. The summed E-state index contributed by atoms with van der Waals surface area (Å²) in [6.07, 6.45) is 1.84. The first kappa shape index (κ1) is 13.5. The number of rotatable bonds is 4. The SMILES string of the molecule is Cc1cc(CC(Cl)c2ccccc2)ncc1[N+](=O)[O-]. The largest absolute Gasteiger partial charge is 0.290 e. The van der Waals surface area contributed by atoms with Crippen molar-refractivity contribution in [3.8, 4) is 0 Å². The monoisotopic (exact) mass is 276 g/mol. The average Bonchev–Trinajstić information content (AvgIpc) is 2.39. The summed E-state index contributed by atoms with van der Waals surface area (Å²) < 4.78 is 0. The lowest BCUT2D eigenvalue weighted by molar-refractivity contribution is -0.385. The molecule has 0 fully saturated rings. The van der Waals surface area contributed by atoms with Crippen LogP contribution in [-0.2, 0) is 6.42 Å². The minimum absolute atomic E-state index is 0.0367. The highest BCUT2D eigenvalue weighted by atomic mass is 35.5. The van der Waals surface area contributed by atoms with E-state index in [1.807, 2.05) is 30.3 Å². The van der Waals surface area contributed by atoms with Crippen LogP contribution in [0.5, 0.6) is 0 Å². The predicted molar refractivity (Wildman–Crippen MR) is 74.4 cm³/mol. The maximum Gasteiger partial charge on any atom is 0.290 e. The number of benzene rings is 1. The van der Waals surface area contributed by atoms with Crippen LogP contribution in [0.1, 0.15) is 22.2 Å². The first-order chi connectivity index (χ1) is 9.08. The summed E-state index contributed by atoms with van der Waals surface area (Å²) in [6, 6.07) is 11.4. The molecule has 0 spiro atoms. The van der Waals surface area contributed by atoms with Gasteiger partial charge in [-0.15, -0.1) is 11.6 Å². The molecule has 0 bridgehead atoms. The normalized spacial score (nSPS) is 12.1. The molecule has 1 atom stereocenters. The summed E-state index contributed by atoms with van der Waals surface area (Å²) in [6.45, 7) is 1.70. The Kier molecular flexibility index (Phi) is 4.12. The van der Waals surface area contributed by atoms with E-state index in [9.17, 15) is 10.1 Å². The summed E-state index contributed by atoms with van der Waals surface area (Å²) in [4.78, 5) is 14.4. The Morgan fingerprint density at radius 1 is 1.37 bits per heavy atom. The van der Waals surface area contributed by atoms with Gasteiger partial charge < -0.3 is 0 Å². The van der Waals surface area contributed by atoms with Gasteiger partial charge in [-0.1, -0.05) is 30.3 Å². The molecule has 0 aliphatic rings. The third-order valence-electron chi connectivity index (χ3n) is 2.89. The topological polar surface area (TPSA) is 56.0 Å². The number of alkyl halides is 1. The van der Waals surface area contributed by atoms with E-state index in [4.69, 9.17) is 11.6 Å². The van der Waals surface area contributed by atoms with Crippen molar-refractivity contribution in [2.45, 2.75) is 18.7 Å². The quantitative estimate of drug-likeness (QED) is 0.484. The zero-order chi connectivity index (χ0) is 13.8. The smallest absolute Gasteiger partial charge is 0.258 e. The fourth-order valence-corrected chi connectivity index (χ4v) is 2.18. The van der Waals surface area contributed by atoms with Gasteiger partial charge in [-0.2, -0.15) is 0 Å². The highest BCUT2D eigenvalue weighted by Gasteiger charge is 2.14. The lowest BCUT2D eigenvalue weighted by Gasteiger charge is -2.09. The molecular formula is C14H13ClN2O2. The van der Waals surface area contributed by atoms with Crippen molar-refractivity contribution < 1.29 is 4.92 Å². The van der Waals surface area contributed by atoms with Gasteiger partial charge in [0.25, 0.3) is 5.69 Å². The van der Waals surface area contributed by atoms with Crippen LogP contribution in [0.15, 0.2) is 42.6 Å². The number of nitrogens with zero attached hydrogens (tertiary/aromatic N) is 2. The van der Waals surface area contributed by atoms with Gasteiger partial charge in [0.15, 0.2) is 0 Å². The molecule has 2 rings (SSSR count).